The number of nitrogens with zero attached hydrogens (tertiary/aromatic N) is 2. The van der Waals surface area contributed by atoms with Crippen molar-refractivity contribution in [3.05, 3.63) is 93.0 Å². The summed E-state index contributed by atoms with van der Waals surface area (Å²) in [6.45, 7) is 13.2. The SMILES string of the molecule is Cc1cc(C)c(B(c2ccc(C=C(C#N)C#N)cc2)c2c(C)cc(C)cc2C)c(C)c1. The Morgan fingerprint density at radius 1 is 0.677 bits per heavy atom. The van der Waals surface area contributed by atoms with Crippen molar-refractivity contribution in [2.45, 2.75) is 41.5 Å². The van der Waals surface area contributed by atoms with E-state index >= 15 is 0 Å². The average Bonchev–Trinajstić information content (AvgIpc) is 2.70. The highest BCUT2D eigenvalue weighted by atomic mass is 14.3. The minimum absolute atomic E-state index is 0.111. The molecule has 3 aromatic carbocycles. The monoisotopic (exact) mass is 402 g/mol. The maximum Gasteiger partial charge on any atom is 0.242 e. The lowest BCUT2D eigenvalue weighted by Gasteiger charge is -2.24. The van der Waals surface area contributed by atoms with Gasteiger partial charge in [0.25, 0.3) is 0 Å². The van der Waals surface area contributed by atoms with Gasteiger partial charge in [-0.05, 0) is 53.2 Å². The summed E-state index contributed by atoms with van der Waals surface area (Å²) >= 11 is 0. The van der Waals surface area contributed by atoms with E-state index in [4.69, 9.17) is 10.5 Å². The fraction of sp³-hybridized carbons (Fsp3) is 0.214. The predicted molar refractivity (Wildman–Crippen MR) is 132 cm³/mol. The van der Waals surface area contributed by atoms with Crippen LogP contribution in [0.1, 0.15) is 38.9 Å². The molecule has 0 saturated carbocycles. The molecule has 0 aliphatic rings. The minimum atomic E-state index is 0.111. The maximum atomic E-state index is 9.05. The van der Waals surface area contributed by atoms with Crippen LogP contribution in [0.2, 0.25) is 0 Å². The largest absolute Gasteiger partial charge is 0.242 e. The number of hydrogen-bond acceptors (Lipinski definition) is 2. The van der Waals surface area contributed by atoms with E-state index in [1.165, 1.54) is 49.8 Å². The van der Waals surface area contributed by atoms with Gasteiger partial charge in [0.1, 0.15) is 17.7 Å². The second-order valence-electron chi connectivity index (χ2n) is 8.51. The predicted octanol–water partition coefficient (Wildman–Crippen LogP) is 4.48. The van der Waals surface area contributed by atoms with Gasteiger partial charge in [0, 0.05) is 0 Å². The topological polar surface area (TPSA) is 47.6 Å². The summed E-state index contributed by atoms with van der Waals surface area (Å²) in [4.78, 5) is 0. The Morgan fingerprint density at radius 3 is 1.42 bits per heavy atom. The molecule has 0 bridgehead atoms. The third-order valence-corrected chi connectivity index (χ3v) is 5.88. The summed E-state index contributed by atoms with van der Waals surface area (Å²) in [5.41, 5.74) is 12.6. The first-order valence-electron chi connectivity index (χ1n) is 10.5. The van der Waals surface area contributed by atoms with E-state index in [0.29, 0.717) is 0 Å². The molecule has 0 N–H and O–H groups in total. The molecular weight excluding hydrogens is 375 g/mol. The number of nitriles is 2. The van der Waals surface area contributed by atoms with Crippen molar-refractivity contribution in [1.82, 2.24) is 0 Å². The van der Waals surface area contributed by atoms with Crippen LogP contribution in [0.4, 0.5) is 0 Å². The van der Waals surface area contributed by atoms with Gasteiger partial charge in [-0.1, -0.05) is 98.3 Å². The highest BCUT2D eigenvalue weighted by molar-refractivity contribution is 6.96. The van der Waals surface area contributed by atoms with Crippen LogP contribution in [0.15, 0.2) is 54.1 Å². The molecule has 2 nitrogen and oxygen atoms in total. The van der Waals surface area contributed by atoms with Gasteiger partial charge in [0.2, 0.25) is 6.71 Å². The van der Waals surface area contributed by atoms with Gasteiger partial charge in [0.15, 0.2) is 0 Å². The summed E-state index contributed by atoms with van der Waals surface area (Å²) in [7, 11) is 0. The number of rotatable bonds is 4. The molecule has 3 rings (SSSR count). The van der Waals surface area contributed by atoms with E-state index in [9.17, 15) is 0 Å². The molecule has 0 heterocycles. The third kappa shape index (κ3) is 4.63. The van der Waals surface area contributed by atoms with Gasteiger partial charge in [-0.2, -0.15) is 10.5 Å². The Balaban J connectivity index is 2.26. The van der Waals surface area contributed by atoms with Crippen molar-refractivity contribution in [2.24, 2.45) is 0 Å². The highest BCUT2D eigenvalue weighted by Crippen LogP contribution is 2.13. The standard InChI is InChI=1S/C28H27BN2/c1-18-11-20(3)27(21(4)12-18)29(28-22(5)13-19(2)14-23(28)6)26-9-7-24(8-10-26)15-25(16-30)17-31/h7-15H,1-6H3. The Hall–Kier alpha value is -3.56. The molecule has 0 aliphatic heterocycles. The summed E-state index contributed by atoms with van der Waals surface area (Å²) in [6, 6.07) is 21.1. The van der Waals surface area contributed by atoms with Crippen LogP contribution >= 0.6 is 0 Å². The molecule has 0 amide bonds. The van der Waals surface area contributed by atoms with E-state index in [0.717, 1.165) is 5.56 Å². The molecule has 0 spiro atoms. The van der Waals surface area contributed by atoms with Gasteiger partial charge in [-0.15, -0.1) is 0 Å². The van der Waals surface area contributed by atoms with Crippen LogP contribution in [-0.4, -0.2) is 6.71 Å². The van der Waals surface area contributed by atoms with E-state index in [2.05, 4.69) is 77.9 Å². The van der Waals surface area contributed by atoms with Crippen molar-refractivity contribution in [3.8, 4) is 12.1 Å². The summed E-state index contributed by atoms with van der Waals surface area (Å²) in [6.07, 6.45) is 1.63. The van der Waals surface area contributed by atoms with Crippen LogP contribution in [-0.2, 0) is 0 Å². The maximum absolute atomic E-state index is 9.05. The zero-order valence-corrected chi connectivity index (χ0v) is 19.2. The number of hydrogen-bond donors (Lipinski definition) is 0. The first-order chi connectivity index (χ1) is 14.7. The Labute approximate surface area is 186 Å². The molecule has 31 heavy (non-hydrogen) atoms. The van der Waals surface area contributed by atoms with Gasteiger partial charge in [0.05, 0.1) is 0 Å². The molecule has 0 aromatic heterocycles. The van der Waals surface area contributed by atoms with Crippen molar-refractivity contribution >= 4 is 29.2 Å². The molecule has 0 fully saturated rings. The molecule has 0 atom stereocenters. The summed E-state index contributed by atoms with van der Waals surface area (Å²) < 4.78 is 0. The summed E-state index contributed by atoms with van der Waals surface area (Å²) in [5.74, 6) is 0. The smallest absolute Gasteiger partial charge is 0.192 e. The van der Waals surface area contributed by atoms with Crippen LogP contribution < -0.4 is 16.4 Å². The fourth-order valence-corrected chi connectivity index (χ4v) is 4.81. The Bertz CT molecular complexity index is 1130. The quantitative estimate of drug-likeness (QED) is 0.477. The normalized spacial score (nSPS) is 10.2. The Morgan fingerprint density at radius 2 is 1.06 bits per heavy atom. The van der Waals surface area contributed by atoms with Gasteiger partial charge in [-0.3, -0.25) is 0 Å². The molecule has 152 valence electrons. The molecule has 3 heteroatoms. The van der Waals surface area contributed by atoms with E-state index < -0.39 is 0 Å². The zero-order chi connectivity index (χ0) is 22.7. The molecule has 0 aliphatic carbocycles. The fourth-order valence-electron chi connectivity index (χ4n) is 4.81. The first-order valence-corrected chi connectivity index (χ1v) is 10.5. The number of benzene rings is 3. The van der Waals surface area contributed by atoms with Crippen LogP contribution in [0, 0.1) is 64.2 Å². The number of aryl methyl sites for hydroxylation is 6. The number of allylic oxidation sites excluding steroid dienone is 1. The molecule has 0 unspecified atom stereocenters. The molecule has 0 radical (unpaired) electrons. The minimum Gasteiger partial charge on any atom is -0.192 e. The van der Waals surface area contributed by atoms with Crippen LogP contribution in [0.3, 0.4) is 0 Å². The molecule has 3 aromatic rings. The van der Waals surface area contributed by atoms with Crippen molar-refractivity contribution < 1.29 is 0 Å². The van der Waals surface area contributed by atoms with Crippen LogP contribution in [0.25, 0.3) is 6.08 Å². The van der Waals surface area contributed by atoms with Crippen molar-refractivity contribution in [3.63, 3.8) is 0 Å². The van der Waals surface area contributed by atoms with Crippen molar-refractivity contribution in [2.75, 3.05) is 0 Å². The average molecular weight is 402 g/mol. The third-order valence-electron chi connectivity index (χ3n) is 5.88. The van der Waals surface area contributed by atoms with E-state index in [1.807, 2.05) is 24.3 Å². The second-order valence-corrected chi connectivity index (χ2v) is 8.51. The lowest BCUT2D eigenvalue weighted by molar-refractivity contribution is 1.34. The second kappa shape index (κ2) is 9.07. The zero-order valence-electron chi connectivity index (χ0n) is 19.2. The molecular formula is C28H27BN2. The Kier molecular flexibility index (Phi) is 6.48. The summed E-state index contributed by atoms with van der Waals surface area (Å²) in [5, 5.41) is 18.1. The van der Waals surface area contributed by atoms with Gasteiger partial charge >= 0.3 is 0 Å². The lowest BCUT2D eigenvalue weighted by Crippen LogP contribution is -2.55. The first kappa shape index (κ1) is 22.1. The van der Waals surface area contributed by atoms with E-state index in [-0.39, 0.29) is 12.3 Å². The highest BCUT2D eigenvalue weighted by Gasteiger charge is 2.28. The van der Waals surface area contributed by atoms with Gasteiger partial charge in [-0.25, -0.2) is 0 Å². The lowest BCUT2D eigenvalue weighted by atomic mass is 9.34. The molecule has 0 saturated heterocycles. The van der Waals surface area contributed by atoms with E-state index in [1.54, 1.807) is 6.08 Å². The van der Waals surface area contributed by atoms with Crippen molar-refractivity contribution in [1.29, 1.82) is 10.5 Å². The van der Waals surface area contributed by atoms with Gasteiger partial charge < -0.3 is 0 Å². The van der Waals surface area contributed by atoms with Crippen LogP contribution in [0.5, 0.6) is 0 Å².